The summed E-state index contributed by atoms with van der Waals surface area (Å²) in [7, 11) is 1.37. The number of nitrogens with zero attached hydrogens (tertiary/aromatic N) is 1. The molecule has 0 spiro atoms. The van der Waals surface area contributed by atoms with E-state index >= 15 is 0 Å². The first-order valence-electron chi connectivity index (χ1n) is 7.49. The molecule has 2 saturated heterocycles. The van der Waals surface area contributed by atoms with Crippen molar-refractivity contribution in [3.8, 4) is 0 Å². The van der Waals surface area contributed by atoms with Gasteiger partial charge in [0.1, 0.15) is 0 Å². The summed E-state index contributed by atoms with van der Waals surface area (Å²) >= 11 is 0. The number of anilines is 1. The first-order chi connectivity index (χ1) is 10.1. The molecule has 114 valence electrons. The molecule has 2 aliphatic heterocycles. The van der Waals surface area contributed by atoms with Gasteiger partial charge in [0.2, 0.25) is 0 Å². The third kappa shape index (κ3) is 2.63. The van der Waals surface area contributed by atoms with E-state index in [4.69, 9.17) is 10.5 Å². The van der Waals surface area contributed by atoms with Crippen molar-refractivity contribution < 1.29 is 14.6 Å². The van der Waals surface area contributed by atoms with E-state index in [-0.39, 0.29) is 12.1 Å². The first-order valence-corrected chi connectivity index (χ1v) is 7.49. The third-order valence-corrected chi connectivity index (χ3v) is 4.78. The molecule has 3 rings (SSSR count). The predicted molar refractivity (Wildman–Crippen MR) is 79.8 cm³/mol. The van der Waals surface area contributed by atoms with Gasteiger partial charge >= 0.3 is 5.97 Å². The van der Waals surface area contributed by atoms with Gasteiger partial charge in [-0.25, -0.2) is 4.79 Å². The van der Waals surface area contributed by atoms with Gasteiger partial charge in [-0.15, -0.1) is 0 Å². The number of aliphatic hydroxyl groups excluding tert-OH is 1. The summed E-state index contributed by atoms with van der Waals surface area (Å²) in [6.45, 7) is 0.692. The number of piperidine rings is 1. The topological polar surface area (TPSA) is 75.8 Å². The van der Waals surface area contributed by atoms with Gasteiger partial charge in [0, 0.05) is 24.3 Å². The second kappa shape index (κ2) is 5.66. The molecule has 2 bridgehead atoms. The minimum atomic E-state index is -0.382. The highest BCUT2D eigenvalue weighted by molar-refractivity contribution is 5.96. The molecule has 2 unspecified atom stereocenters. The number of nitrogens with two attached hydrogens (primary N) is 1. The number of nitrogen functional groups attached to an aromatic ring is 1. The van der Waals surface area contributed by atoms with E-state index in [1.165, 1.54) is 7.11 Å². The summed E-state index contributed by atoms with van der Waals surface area (Å²) < 4.78 is 4.86. The van der Waals surface area contributed by atoms with Crippen molar-refractivity contribution in [3.05, 3.63) is 29.3 Å². The summed E-state index contributed by atoms with van der Waals surface area (Å²) in [5.41, 5.74) is 7.80. The number of fused-ring (bicyclic) bond motifs is 2. The van der Waals surface area contributed by atoms with Gasteiger partial charge in [0.15, 0.2) is 0 Å². The van der Waals surface area contributed by atoms with Crippen molar-refractivity contribution in [2.75, 3.05) is 12.8 Å². The Morgan fingerprint density at radius 1 is 1.38 bits per heavy atom. The number of esters is 1. The van der Waals surface area contributed by atoms with Crippen LogP contribution in [0.25, 0.3) is 0 Å². The highest BCUT2D eigenvalue weighted by Gasteiger charge is 2.40. The van der Waals surface area contributed by atoms with Crippen molar-refractivity contribution in [2.45, 2.75) is 50.4 Å². The number of methoxy groups -OCH3 is 1. The predicted octanol–water partition coefficient (Wildman–Crippen LogP) is 1.54. The first kappa shape index (κ1) is 14.4. The van der Waals surface area contributed by atoms with Crippen molar-refractivity contribution in [1.82, 2.24) is 4.90 Å². The Kier molecular flexibility index (Phi) is 3.87. The smallest absolute Gasteiger partial charge is 0.340 e. The lowest BCUT2D eigenvalue weighted by Gasteiger charge is -2.37. The Morgan fingerprint density at radius 2 is 2.05 bits per heavy atom. The standard InChI is InChI=1S/C16H22N2O3/c1-21-16(20)15-10(3-2-4-14(15)17)9-18-11-5-6-12(18)8-13(19)7-11/h2-4,11-13,19H,5-9,17H2,1H3. The minimum Gasteiger partial charge on any atom is -0.465 e. The SMILES string of the molecule is COC(=O)c1c(N)cccc1CN1C2CCC1CC(O)C2. The molecule has 21 heavy (non-hydrogen) atoms. The van der Waals surface area contributed by atoms with Gasteiger partial charge in [-0.3, -0.25) is 4.90 Å². The maximum absolute atomic E-state index is 12.0. The van der Waals surface area contributed by atoms with E-state index in [0.717, 1.165) is 31.2 Å². The summed E-state index contributed by atoms with van der Waals surface area (Å²) in [5.74, 6) is -0.382. The average Bonchev–Trinajstić information content (AvgIpc) is 2.70. The Morgan fingerprint density at radius 3 is 2.67 bits per heavy atom. The summed E-state index contributed by atoms with van der Waals surface area (Å²) in [5, 5.41) is 9.88. The van der Waals surface area contributed by atoms with Crippen LogP contribution in [-0.4, -0.2) is 41.3 Å². The van der Waals surface area contributed by atoms with Crippen LogP contribution in [0.2, 0.25) is 0 Å². The highest BCUT2D eigenvalue weighted by Crippen LogP contribution is 2.37. The monoisotopic (exact) mass is 290 g/mol. The van der Waals surface area contributed by atoms with E-state index in [2.05, 4.69) is 4.90 Å². The van der Waals surface area contributed by atoms with Crippen molar-refractivity contribution in [1.29, 1.82) is 0 Å². The molecule has 1 aromatic carbocycles. The molecule has 5 heteroatoms. The van der Waals surface area contributed by atoms with Crippen LogP contribution < -0.4 is 5.73 Å². The third-order valence-electron chi connectivity index (χ3n) is 4.78. The lowest BCUT2D eigenvalue weighted by atomic mass is 9.97. The maximum atomic E-state index is 12.0. The molecule has 0 amide bonds. The van der Waals surface area contributed by atoms with Crippen LogP contribution in [0.4, 0.5) is 5.69 Å². The molecule has 0 radical (unpaired) electrons. The highest BCUT2D eigenvalue weighted by atomic mass is 16.5. The zero-order valence-corrected chi connectivity index (χ0v) is 12.3. The van der Waals surface area contributed by atoms with E-state index < -0.39 is 0 Å². The number of hydrogen-bond donors (Lipinski definition) is 2. The molecule has 2 heterocycles. The van der Waals surface area contributed by atoms with Crippen LogP contribution in [0.5, 0.6) is 0 Å². The fourth-order valence-corrected chi connectivity index (χ4v) is 3.80. The van der Waals surface area contributed by atoms with Gasteiger partial charge in [-0.1, -0.05) is 12.1 Å². The van der Waals surface area contributed by atoms with Crippen LogP contribution in [0.1, 0.15) is 41.6 Å². The second-order valence-electron chi connectivity index (χ2n) is 6.06. The number of rotatable bonds is 3. The van der Waals surface area contributed by atoms with Crippen molar-refractivity contribution >= 4 is 11.7 Å². The normalized spacial score (nSPS) is 28.6. The van der Waals surface area contributed by atoms with Crippen LogP contribution >= 0.6 is 0 Å². The molecule has 3 N–H and O–H groups in total. The van der Waals surface area contributed by atoms with Gasteiger partial charge < -0.3 is 15.6 Å². The molecule has 5 nitrogen and oxygen atoms in total. The fraction of sp³-hybridized carbons (Fsp3) is 0.562. The van der Waals surface area contributed by atoms with Gasteiger partial charge in [-0.05, 0) is 37.3 Å². The van der Waals surface area contributed by atoms with E-state index in [1.54, 1.807) is 6.07 Å². The van der Waals surface area contributed by atoms with Gasteiger partial charge in [0.05, 0.1) is 18.8 Å². The number of carbonyl (C=O) groups excluding carboxylic acids is 1. The number of aliphatic hydroxyl groups is 1. The second-order valence-corrected chi connectivity index (χ2v) is 6.06. The maximum Gasteiger partial charge on any atom is 0.340 e. The number of benzene rings is 1. The zero-order chi connectivity index (χ0) is 15.0. The minimum absolute atomic E-state index is 0.181. The molecule has 0 saturated carbocycles. The molecule has 1 aromatic rings. The summed E-state index contributed by atoms with van der Waals surface area (Å²) in [4.78, 5) is 14.4. The van der Waals surface area contributed by atoms with Crippen LogP contribution in [0.15, 0.2) is 18.2 Å². The lowest BCUT2D eigenvalue weighted by molar-refractivity contribution is 0.0304. The largest absolute Gasteiger partial charge is 0.465 e. The van der Waals surface area contributed by atoms with E-state index in [1.807, 2.05) is 12.1 Å². The molecule has 0 aromatic heterocycles. The van der Waals surface area contributed by atoms with Crippen molar-refractivity contribution in [3.63, 3.8) is 0 Å². The Hall–Kier alpha value is -1.59. The quantitative estimate of drug-likeness (QED) is 0.652. The molecular formula is C16H22N2O3. The molecule has 2 atom stereocenters. The average molecular weight is 290 g/mol. The Bertz CT molecular complexity index is 532. The van der Waals surface area contributed by atoms with Crippen LogP contribution in [-0.2, 0) is 11.3 Å². The van der Waals surface area contributed by atoms with Gasteiger partial charge in [0.25, 0.3) is 0 Å². The number of hydrogen-bond acceptors (Lipinski definition) is 5. The van der Waals surface area contributed by atoms with Crippen molar-refractivity contribution in [2.24, 2.45) is 0 Å². The summed E-state index contributed by atoms with van der Waals surface area (Å²) in [6.07, 6.45) is 3.72. The Labute approximate surface area is 124 Å². The van der Waals surface area contributed by atoms with Crippen LogP contribution in [0.3, 0.4) is 0 Å². The lowest BCUT2D eigenvalue weighted by Crippen LogP contribution is -2.44. The molecule has 2 fully saturated rings. The number of carbonyl (C=O) groups is 1. The molecule has 2 aliphatic rings. The van der Waals surface area contributed by atoms with E-state index in [9.17, 15) is 9.90 Å². The zero-order valence-electron chi connectivity index (χ0n) is 12.3. The Balaban J connectivity index is 1.86. The molecular weight excluding hydrogens is 268 g/mol. The molecule has 0 aliphatic carbocycles. The van der Waals surface area contributed by atoms with Crippen LogP contribution in [0, 0.1) is 0 Å². The summed E-state index contributed by atoms with van der Waals surface area (Å²) in [6, 6.07) is 6.35. The fourth-order valence-electron chi connectivity index (χ4n) is 3.80. The van der Waals surface area contributed by atoms with E-state index in [0.29, 0.717) is 29.9 Å². The van der Waals surface area contributed by atoms with Gasteiger partial charge in [-0.2, -0.15) is 0 Å². The number of ether oxygens (including phenoxy) is 1.